The Bertz CT molecular complexity index is 651. The third-order valence-corrected chi connectivity index (χ3v) is 6.06. The Labute approximate surface area is 145 Å². The summed E-state index contributed by atoms with van der Waals surface area (Å²) in [6.07, 6.45) is 7.25. The van der Waals surface area contributed by atoms with E-state index in [4.69, 9.17) is 9.73 Å². The zero-order valence-corrected chi connectivity index (χ0v) is 14.2. The molecule has 4 saturated carbocycles. The van der Waals surface area contributed by atoms with Gasteiger partial charge in [-0.1, -0.05) is 5.16 Å². The molecule has 0 spiro atoms. The van der Waals surface area contributed by atoms with Crippen LogP contribution >= 0.6 is 0 Å². The van der Waals surface area contributed by atoms with E-state index in [0.29, 0.717) is 5.69 Å². The van der Waals surface area contributed by atoms with E-state index in [1.54, 1.807) is 6.92 Å². The molecule has 0 radical (unpaired) electrons. The second-order valence-electron chi connectivity index (χ2n) is 8.07. The van der Waals surface area contributed by atoms with Crippen LogP contribution in [0.25, 0.3) is 0 Å². The molecule has 25 heavy (non-hydrogen) atoms. The highest BCUT2D eigenvalue weighted by Gasteiger charge is 2.51. The maximum absolute atomic E-state index is 12.5. The van der Waals surface area contributed by atoms with Crippen molar-refractivity contribution in [1.82, 2.24) is 21.3 Å². The van der Waals surface area contributed by atoms with Gasteiger partial charge in [0.15, 0.2) is 0 Å². The number of hydrogen-bond acceptors (Lipinski definition) is 5. The van der Waals surface area contributed by atoms with E-state index >= 15 is 0 Å². The minimum atomic E-state index is -0.774. The zero-order valence-electron chi connectivity index (χ0n) is 14.2. The van der Waals surface area contributed by atoms with Gasteiger partial charge >= 0.3 is 11.9 Å². The summed E-state index contributed by atoms with van der Waals surface area (Å²) in [5.74, 6) is 1.41. The Morgan fingerprint density at radius 2 is 1.84 bits per heavy atom. The minimum absolute atomic E-state index is 0.0513. The topological polar surface area (TPSA) is 116 Å². The van der Waals surface area contributed by atoms with Crippen LogP contribution in [0.2, 0.25) is 0 Å². The quantitative estimate of drug-likeness (QED) is 0.491. The fourth-order valence-corrected chi connectivity index (χ4v) is 5.47. The van der Waals surface area contributed by atoms with Gasteiger partial charge in [-0.25, -0.2) is 10.3 Å². The number of carbonyl (C=O) groups excluding carboxylic acids is 2. The van der Waals surface area contributed by atoms with Crippen molar-refractivity contribution in [1.29, 1.82) is 0 Å². The van der Waals surface area contributed by atoms with E-state index < -0.39 is 11.9 Å². The molecule has 1 atom stereocenters. The maximum Gasteiger partial charge on any atom is 0.315 e. The fraction of sp³-hybridized carbons (Fsp3) is 0.706. The van der Waals surface area contributed by atoms with Gasteiger partial charge in [0.05, 0.1) is 6.04 Å². The van der Waals surface area contributed by atoms with Gasteiger partial charge in [-0.05, 0) is 63.2 Å². The van der Waals surface area contributed by atoms with Gasteiger partial charge in [0.1, 0.15) is 5.69 Å². The molecule has 4 fully saturated rings. The van der Waals surface area contributed by atoms with Crippen LogP contribution in [0.1, 0.15) is 67.7 Å². The highest BCUT2D eigenvalue weighted by atomic mass is 16.5. The molecule has 4 bridgehead atoms. The molecule has 5 rings (SSSR count). The van der Waals surface area contributed by atoms with E-state index in [9.17, 15) is 9.59 Å². The second-order valence-corrected chi connectivity index (χ2v) is 8.07. The van der Waals surface area contributed by atoms with Crippen LogP contribution in [0.15, 0.2) is 10.6 Å². The molecule has 3 amide bonds. The van der Waals surface area contributed by atoms with Gasteiger partial charge in [-0.3, -0.25) is 10.0 Å². The van der Waals surface area contributed by atoms with Crippen LogP contribution in [0.5, 0.6) is 0 Å². The van der Waals surface area contributed by atoms with Crippen molar-refractivity contribution < 1.29 is 19.3 Å². The van der Waals surface area contributed by atoms with Crippen molar-refractivity contribution >= 4 is 11.9 Å². The Morgan fingerprint density at radius 1 is 1.24 bits per heavy atom. The molecule has 4 N–H and O–H groups in total. The van der Waals surface area contributed by atoms with E-state index in [2.05, 4.69) is 15.8 Å². The van der Waals surface area contributed by atoms with Crippen LogP contribution in [-0.2, 0) is 0 Å². The summed E-state index contributed by atoms with van der Waals surface area (Å²) >= 11 is 0. The van der Waals surface area contributed by atoms with Crippen LogP contribution in [0.3, 0.4) is 0 Å². The largest absolute Gasteiger partial charge is 0.351 e. The number of hydrogen-bond donors (Lipinski definition) is 4. The van der Waals surface area contributed by atoms with Gasteiger partial charge in [0, 0.05) is 11.6 Å². The highest BCUT2D eigenvalue weighted by molar-refractivity contribution is 5.90. The van der Waals surface area contributed by atoms with Gasteiger partial charge < -0.3 is 15.2 Å². The summed E-state index contributed by atoms with van der Waals surface area (Å²) in [6.45, 7) is 1.78. The number of nitrogens with zero attached hydrogens (tertiary/aromatic N) is 1. The molecule has 0 aromatic carbocycles. The molecule has 8 nitrogen and oxygen atoms in total. The molecule has 136 valence electrons. The summed E-state index contributed by atoms with van der Waals surface area (Å²) in [5.41, 5.74) is 1.87. The predicted octanol–water partition coefficient (Wildman–Crippen LogP) is 2.12. The van der Waals surface area contributed by atoms with Crippen molar-refractivity contribution in [2.45, 2.75) is 57.0 Å². The Kier molecular flexibility index (Phi) is 3.94. The van der Waals surface area contributed by atoms with Crippen molar-refractivity contribution in [3.05, 3.63) is 17.5 Å². The molecule has 0 saturated heterocycles. The first kappa shape index (κ1) is 16.4. The lowest BCUT2D eigenvalue weighted by Crippen LogP contribution is -2.61. The van der Waals surface area contributed by atoms with Gasteiger partial charge in [-0.15, -0.1) is 0 Å². The van der Waals surface area contributed by atoms with Crippen molar-refractivity contribution in [2.75, 3.05) is 0 Å². The Balaban J connectivity index is 1.37. The molecule has 4 aliphatic carbocycles. The van der Waals surface area contributed by atoms with Crippen LogP contribution in [0.4, 0.5) is 4.79 Å². The molecule has 8 heteroatoms. The minimum Gasteiger partial charge on any atom is -0.351 e. The molecular formula is C17H24N4O4. The predicted molar refractivity (Wildman–Crippen MR) is 86.7 cm³/mol. The Hall–Kier alpha value is -2.09. The maximum atomic E-state index is 12.5. The van der Waals surface area contributed by atoms with Crippen LogP contribution < -0.4 is 16.1 Å². The lowest BCUT2D eigenvalue weighted by Gasteiger charge is -2.56. The summed E-state index contributed by atoms with van der Waals surface area (Å²) in [5, 5.41) is 18.5. The first-order valence-corrected chi connectivity index (χ1v) is 8.96. The van der Waals surface area contributed by atoms with Gasteiger partial charge in [0.25, 0.3) is 0 Å². The average molecular weight is 348 g/mol. The molecule has 1 unspecified atom stereocenters. The van der Waals surface area contributed by atoms with Crippen molar-refractivity contribution in [3.63, 3.8) is 0 Å². The van der Waals surface area contributed by atoms with Crippen molar-refractivity contribution in [2.24, 2.45) is 17.8 Å². The normalized spacial score (nSPS) is 33.8. The molecule has 1 aromatic rings. The number of hydroxylamine groups is 1. The third kappa shape index (κ3) is 3.10. The standard InChI is InChI=1S/C17H24N4O4/c1-9(13-5-14(25-21-13)15(22)20-24)18-16(23)19-17-6-10-2-11(7-17)4-12(3-10)8-17/h5,9-12,24H,2-4,6-8H2,1H3,(H,20,22)(H2,18,19,23). The highest BCUT2D eigenvalue weighted by Crippen LogP contribution is 2.55. The van der Waals surface area contributed by atoms with Gasteiger partial charge in [0.2, 0.25) is 5.76 Å². The lowest BCUT2D eigenvalue weighted by molar-refractivity contribution is -0.0136. The van der Waals surface area contributed by atoms with E-state index in [1.165, 1.54) is 30.8 Å². The monoisotopic (exact) mass is 348 g/mol. The first-order valence-electron chi connectivity index (χ1n) is 8.96. The van der Waals surface area contributed by atoms with Gasteiger partial charge in [-0.2, -0.15) is 0 Å². The summed E-state index contributed by atoms with van der Waals surface area (Å²) in [6, 6.07) is 0.796. The third-order valence-electron chi connectivity index (χ3n) is 6.06. The molecular weight excluding hydrogens is 324 g/mol. The average Bonchev–Trinajstić information content (AvgIpc) is 3.02. The summed E-state index contributed by atoms with van der Waals surface area (Å²) in [4.78, 5) is 23.8. The summed E-state index contributed by atoms with van der Waals surface area (Å²) < 4.78 is 4.86. The molecule has 0 aliphatic heterocycles. The number of urea groups is 1. The molecule has 4 aliphatic rings. The van der Waals surface area contributed by atoms with E-state index in [0.717, 1.165) is 37.0 Å². The number of rotatable bonds is 4. The number of carbonyl (C=O) groups is 2. The number of amides is 3. The molecule has 1 heterocycles. The number of nitrogens with one attached hydrogen (secondary N) is 3. The smallest absolute Gasteiger partial charge is 0.315 e. The van der Waals surface area contributed by atoms with E-state index in [1.807, 2.05) is 0 Å². The van der Waals surface area contributed by atoms with Crippen molar-refractivity contribution in [3.8, 4) is 0 Å². The van der Waals surface area contributed by atoms with Crippen LogP contribution in [0, 0.1) is 17.8 Å². The second kappa shape index (κ2) is 6.01. The van der Waals surface area contributed by atoms with E-state index in [-0.39, 0.29) is 17.3 Å². The fourth-order valence-electron chi connectivity index (χ4n) is 5.47. The number of aromatic nitrogens is 1. The lowest BCUT2D eigenvalue weighted by atomic mass is 9.53. The summed E-state index contributed by atoms with van der Waals surface area (Å²) in [7, 11) is 0. The zero-order chi connectivity index (χ0) is 17.6. The Morgan fingerprint density at radius 3 is 2.40 bits per heavy atom. The molecule has 1 aromatic heterocycles. The SMILES string of the molecule is CC(NC(=O)NC12CC3CC(CC(C3)C1)C2)c1cc(C(=O)NO)on1. The van der Waals surface area contributed by atoms with Crippen LogP contribution in [-0.4, -0.2) is 27.8 Å². The first-order chi connectivity index (χ1) is 12.0.